The van der Waals surface area contributed by atoms with Crippen molar-refractivity contribution >= 4 is 40.5 Å². The van der Waals surface area contributed by atoms with E-state index in [4.69, 9.17) is 20.4 Å². The Morgan fingerprint density at radius 3 is 2.69 bits per heavy atom. The monoisotopic (exact) mass is 366 g/mol. The number of nitro benzene ring substituents is 1. The second-order valence-electron chi connectivity index (χ2n) is 5.47. The van der Waals surface area contributed by atoms with Crippen molar-refractivity contribution in [2.24, 2.45) is 0 Å². The van der Waals surface area contributed by atoms with Gasteiger partial charge in [0.2, 0.25) is 5.89 Å². The molecule has 2 heterocycles. The first-order valence-corrected chi connectivity index (χ1v) is 8.06. The number of nitrogens with zero attached hydrogens (tertiary/aromatic N) is 2. The van der Waals surface area contributed by atoms with E-state index in [2.05, 4.69) is 4.98 Å². The molecule has 0 N–H and O–H groups in total. The van der Waals surface area contributed by atoms with Crippen molar-refractivity contribution < 1.29 is 13.8 Å². The molecule has 0 atom stereocenters. The highest BCUT2D eigenvalue weighted by atomic mass is 35.5. The maximum absolute atomic E-state index is 11.2. The molecular formula is C19H11ClN2O4. The lowest BCUT2D eigenvalue weighted by molar-refractivity contribution is -0.384. The van der Waals surface area contributed by atoms with Crippen LogP contribution in [0.1, 0.15) is 11.7 Å². The zero-order chi connectivity index (χ0) is 18.1. The minimum Gasteiger partial charge on any atom is -0.456 e. The number of hydrogen-bond donors (Lipinski definition) is 0. The first kappa shape index (κ1) is 16.1. The van der Waals surface area contributed by atoms with Crippen LogP contribution in [-0.2, 0) is 0 Å². The summed E-state index contributed by atoms with van der Waals surface area (Å²) < 4.78 is 11.3. The molecule has 0 saturated heterocycles. The van der Waals surface area contributed by atoms with Crippen molar-refractivity contribution in [2.45, 2.75) is 0 Å². The second-order valence-corrected chi connectivity index (χ2v) is 5.91. The fourth-order valence-electron chi connectivity index (χ4n) is 2.57. The SMILES string of the molecule is O=[N+]([O-])c1cc(Cl)ccc1-c1ccc(/C=C/c2nc3ccccc3o2)o1. The van der Waals surface area contributed by atoms with Gasteiger partial charge in [-0.05, 0) is 42.5 Å². The van der Waals surface area contributed by atoms with E-state index in [0.717, 1.165) is 5.52 Å². The Balaban J connectivity index is 1.63. The average molecular weight is 367 g/mol. The Labute approximate surface area is 152 Å². The third-order valence-electron chi connectivity index (χ3n) is 3.75. The van der Waals surface area contributed by atoms with Crippen LogP contribution in [0.5, 0.6) is 0 Å². The number of nitro groups is 1. The highest BCUT2D eigenvalue weighted by Crippen LogP contribution is 2.33. The average Bonchev–Trinajstić information content (AvgIpc) is 3.26. The summed E-state index contributed by atoms with van der Waals surface area (Å²) in [4.78, 5) is 15.1. The summed E-state index contributed by atoms with van der Waals surface area (Å²) >= 11 is 5.84. The number of oxazole rings is 1. The third-order valence-corrected chi connectivity index (χ3v) is 3.98. The third kappa shape index (κ3) is 3.10. The molecule has 0 fully saturated rings. The Kier molecular flexibility index (Phi) is 4.02. The van der Waals surface area contributed by atoms with Gasteiger partial charge >= 0.3 is 0 Å². The zero-order valence-electron chi connectivity index (χ0n) is 13.3. The molecule has 7 heteroatoms. The Morgan fingerprint density at radius 2 is 1.88 bits per heavy atom. The van der Waals surface area contributed by atoms with Crippen LogP contribution < -0.4 is 0 Å². The van der Waals surface area contributed by atoms with Gasteiger partial charge in [0.05, 0.1) is 10.5 Å². The molecular weight excluding hydrogens is 356 g/mol. The smallest absolute Gasteiger partial charge is 0.281 e. The topological polar surface area (TPSA) is 82.3 Å². The van der Waals surface area contributed by atoms with E-state index < -0.39 is 4.92 Å². The summed E-state index contributed by atoms with van der Waals surface area (Å²) in [6.45, 7) is 0. The summed E-state index contributed by atoms with van der Waals surface area (Å²) in [6, 6.07) is 15.3. The van der Waals surface area contributed by atoms with Gasteiger partial charge in [-0.2, -0.15) is 0 Å². The van der Waals surface area contributed by atoms with Gasteiger partial charge in [-0.3, -0.25) is 10.1 Å². The minimum absolute atomic E-state index is 0.110. The standard InChI is InChI=1S/C19H11ClN2O4/c20-12-5-8-14(16(11-12)22(23)24)17-9-6-13(25-17)7-10-19-21-15-3-1-2-4-18(15)26-19/h1-11H/b10-7+. The zero-order valence-corrected chi connectivity index (χ0v) is 14.0. The van der Waals surface area contributed by atoms with Crippen molar-refractivity contribution in [1.29, 1.82) is 0 Å². The van der Waals surface area contributed by atoms with Gasteiger partial charge in [0.25, 0.3) is 5.69 Å². The molecule has 0 radical (unpaired) electrons. The number of rotatable bonds is 4. The van der Waals surface area contributed by atoms with Gasteiger partial charge in [0, 0.05) is 17.2 Å². The molecule has 128 valence electrons. The molecule has 4 rings (SSSR count). The summed E-state index contributed by atoms with van der Waals surface area (Å²) in [5.41, 5.74) is 1.72. The minimum atomic E-state index is -0.489. The first-order chi connectivity index (χ1) is 12.6. The lowest BCUT2D eigenvalue weighted by atomic mass is 10.1. The number of fused-ring (bicyclic) bond motifs is 1. The quantitative estimate of drug-likeness (QED) is 0.335. The molecule has 0 bridgehead atoms. The fraction of sp³-hybridized carbons (Fsp3) is 0. The normalized spacial score (nSPS) is 11.4. The number of para-hydroxylation sites is 2. The molecule has 0 aliphatic rings. The number of hydrogen-bond acceptors (Lipinski definition) is 5. The van der Waals surface area contributed by atoms with Gasteiger partial charge in [0.1, 0.15) is 17.0 Å². The van der Waals surface area contributed by atoms with Crippen molar-refractivity contribution in [2.75, 3.05) is 0 Å². The van der Waals surface area contributed by atoms with Crippen molar-refractivity contribution in [3.8, 4) is 11.3 Å². The summed E-state index contributed by atoms with van der Waals surface area (Å²) in [6.07, 6.45) is 3.37. The van der Waals surface area contributed by atoms with E-state index in [1.807, 2.05) is 24.3 Å². The Bertz CT molecular complexity index is 1110. The van der Waals surface area contributed by atoms with Crippen LogP contribution in [0.4, 0.5) is 5.69 Å². The summed E-state index contributed by atoms with van der Waals surface area (Å²) in [5, 5.41) is 11.5. The molecule has 2 aromatic heterocycles. The van der Waals surface area contributed by atoms with Crippen molar-refractivity contribution in [3.63, 3.8) is 0 Å². The lowest BCUT2D eigenvalue weighted by Crippen LogP contribution is -1.91. The Morgan fingerprint density at radius 1 is 1.04 bits per heavy atom. The molecule has 0 spiro atoms. The second kappa shape index (κ2) is 6.50. The van der Waals surface area contributed by atoms with E-state index in [1.54, 1.807) is 36.4 Å². The fourth-order valence-corrected chi connectivity index (χ4v) is 2.73. The molecule has 0 aliphatic carbocycles. The molecule has 4 aromatic rings. The van der Waals surface area contributed by atoms with Crippen LogP contribution in [0.25, 0.3) is 34.6 Å². The number of benzene rings is 2. The Hall–Kier alpha value is -3.38. The van der Waals surface area contributed by atoms with Gasteiger partial charge in [-0.25, -0.2) is 4.98 Å². The van der Waals surface area contributed by atoms with E-state index in [9.17, 15) is 10.1 Å². The summed E-state index contributed by atoms with van der Waals surface area (Å²) in [5.74, 6) is 1.35. The van der Waals surface area contributed by atoms with Gasteiger partial charge in [-0.1, -0.05) is 23.7 Å². The molecule has 6 nitrogen and oxygen atoms in total. The molecule has 0 aliphatic heterocycles. The first-order valence-electron chi connectivity index (χ1n) is 7.68. The van der Waals surface area contributed by atoms with E-state index >= 15 is 0 Å². The van der Waals surface area contributed by atoms with E-state index in [0.29, 0.717) is 33.6 Å². The lowest BCUT2D eigenvalue weighted by Gasteiger charge is -2.00. The predicted molar refractivity (Wildman–Crippen MR) is 98.7 cm³/mol. The van der Waals surface area contributed by atoms with Crippen LogP contribution in [0.15, 0.2) is 63.4 Å². The summed E-state index contributed by atoms with van der Waals surface area (Å²) in [7, 11) is 0. The molecule has 2 aromatic carbocycles. The van der Waals surface area contributed by atoms with Crippen LogP contribution in [-0.4, -0.2) is 9.91 Å². The number of halogens is 1. The van der Waals surface area contributed by atoms with Crippen LogP contribution in [0.2, 0.25) is 5.02 Å². The molecule has 0 saturated carbocycles. The van der Waals surface area contributed by atoms with Gasteiger partial charge in [0.15, 0.2) is 5.58 Å². The van der Waals surface area contributed by atoms with Crippen LogP contribution in [0.3, 0.4) is 0 Å². The highest BCUT2D eigenvalue weighted by molar-refractivity contribution is 6.30. The van der Waals surface area contributed by atoms with Gasteiger partial charge < -0.3 is 8.83 Å². The van der Waals surface area contributed by atoms with Gasteiger partial charge in [-0.15, -0.1) is 0 Å². The molecule has 0 unspecified atom stereocenters. The maximum atomic E-state index is 11.2. The van der Waals surface area contributed by atoms with E-state index in [1.165, 1.54) is 6.07 Å². The van der Waals surface area contributed by atoms with Crippen LogP contribution in [0, 0.1) is 10.1 Å². The van der Waals surface area contributed by atoms with Crippen LogP contribution >= 0.6 is 11.6 Å². The molecule has 0 amide bonds. The highest BCUT2D eigenvalue weighted by Gasteiger charge is 2.18. The molecule has 26 heavy (non-hydrogen) atoms. The number of furan rings is 1. The number of aromatic nitrogens is 1. The van der Waals surface area contributed by atoms with Crippen molar-refractivity contribution in [3.05, 3.63) is 81.4 Å². The maximum Gasteiger partial charge on any atom is 0.281 e. The van der Waals surface area contributed by atoms with Crippen molar-refractivity contribution in [1.82, 2.24) is 4.98 Å². The largest absolute Gasteiger partial charge is 0.456 e. The van der Waals surface area contributed by atoms with E-state index in [-0.39, 0.29) is 5.69 Å². The predicted octanol–water partition coefficient (Wildman–Crippen LogP) is 5.82.